The fourth-order valence-electron chi connectivity index (χ4n) is 2.57. The zero-order valence-electron chi connectivity index (χ0n) is 11.5. The Morgan fingerprint density at radius 2 is 2.37 bits per heavy atom. The SMILES string of the molecule is CC(CNC(c1cccs1)c1nccn1C)C1CC1. The van der Waals surface area contributed by atoms with E-state index in [1.165, 1.54) is 17.7 Å². The lowest BCUT2D eigenvalue weighted by Gasteiger charge is -2.20. The summed E-state index contributed by atoms with van der Waals surface area (Å²) < 4.78 is 2.11. The first-order chi connectivity index (χ1) is 9.25. The Morgan fingerprint density at radius 1 is 1.53 bits per heavy atom. The van der Waals surface area contributed by atoms with Crippen molar-refractivity contribution in [3.63, 3.8) is 0 Å². The predicted octanol–water partition coefficient (Wildman–Crippen LogP) is 3.21. The maximum absolute atomic E-state index is 4.52. The van der Waals surface area contributed by atoms with Crippen LogP contribution in [0.2, 0.25) is 0 Å². The quantitative estimate of drug-likeness (QED) is 0.877. The lowest BCUT2D eigenvalue weighted by Crippen LogP contribution is -2.29. The van der Waals surface area contributed by atoms with Crippen LogP contribution in [0.3, 0.4) is 0 Å². The number of thiophene rings is 1. The van der Waals surface area contributed by atoms with E-state index in [1.54, 1.807) is 11.3 Å². The Bertz CT molecular complexity index is 513. The number of aromatic nitrogens is 2. The van der Waals surface area contributed by atoms with Crippen LogP contribution in [-0.4, -0.2) is 16.1 Å². The molecular weight excluding hydrogens is 254 g/mol. The van der Waals surface area contributed by atoms with Gasteiger partial charge in [-0.05, 0) is 42.7 Å². The molecule has 0 aromatic carbocycles. The lowest BCUT2D eigenvalue weighted by molar-refractivity contribution is 0.433. The van der Waals surface area contributed by atoms with Gasteiger partial charge in [-0.25, -0.2) is 4.98 Å². The molecule has 2 aromatic heterocycles. The van der Waals surface area contributed by atoms with Gasteiger partial charge in [0.2, 0.25) is 0 Å². The summed E-state index contributed by atoms with van der Waals surface area (Å²) in [4.78, 5) is 5.86. The van der Waals surface area contributed by atoms with Gasteiger partial charge in [-0.3, -0.25) is 0 Å². The number of nitrogens with zero attached hydrogens (tertiary/aromatic N) is 2. The maximum atomic E-state index is 4.52. The lowest BCUT2D eigenvalue weighted by atomic mass is 10.1. The summed E-state index contributed by atoms with van der Waals surface area (Å²) in [5.41, 5.74) is 0. The minimum absolute atomic E-state index is 0.223. The van der Waals surface area contributed by atoms with Crippen LogP contribution in [0, 0.1) is 11.8 Å². The molecule has 4 heteroatoms. The van der Waals surface area contributed by atoms with Crippen LogP contribution >= 0.6 is 11.3 Å². The zero-order valence-corrected chi connectivity index (χ0v) is 12.4. The van der Waals surface area contributed by atoms with Crippen molar-refractivity contribution in [1.82, 2.24) is 14.9 Å². The summed E-state index contributed by atoms with van der Waals surface area (Å²) in [5, 5.41) is 5.85. The molecule has 0 bridgehead atoms. The molecule has 1 aliphatic carbocycles. The van der Waals surface area contributed by atoms with Gasteiger partial charge < -0.3 is 9.88 Å². The van der Waals surface area contributed by atoms with Crippen LogP contribution in [0.1, 0.15) is 36.5 Å². The van der Waals surface area contributed by atoms with E-state index in [2.05, 4.69) is 46.4 Å². The number of aryl methyl sites for hydroxylation is 1. The third-order valence-electron chi connectivity index (χ3n) is 4.02. The van der Waals surface area contributed by atoms with Crippen molar-refractivity contribution >= 4 is 11.3 Å². The molecule has 0 amide bonds. The number of nitrogens with one attached hydrogen (secondary N) is 1. The fourth-order valence-corrected chi connectivity index (χ4v) is 3.36. The molecule has 0 spiro atoms. The van der Waals surface area contributed by atoms with Crippen molar-refractivity contribution < 1.29 is 0 Å². The van der Waals surface area contributed by atoms with Crippen molar-refractivity contribution in [3.8, 4) is 0 Å². The highest BCUT2D eigenvalue weighted by atomic mass is 32.1. The van der Waals surface area contributed by atoms with E-state index in [-0.39, 0.29) is 6.04 Å². The number of hydrogen-bond donors (Lipinski definition) is 1. The van der Waals surface area contributed by atoms with Crippen LogP contribution in [0.25, 0.3) is 0 Å². The van der Waals surface area contributed by atoms with Gasteiger partial charge in [-0.2, -0.15) is 0 Å². The molecule has 19 heavy (non-hydrogen) atoms. The molecule has 102 valence electrons. The van der Waals surface area contributed by atoms with E-state index in [0.717, 1.165) is 24.2 Å². The molecule has 1 aliphatic rings. The van der Waals surface area contributed by atoms with Gasteiger partial charge in [-0.1, -0.05) is 13.0 Å². The van der Waals surface area contributed by atoms with Gasteiger partial charge in [0.05, 0.1) is 0 Å². The molecule has 3 rings (SSSR count). The normalized spacial score (nSPS) is 18.4. The van der Waals surface area contributed by atoms with E-state index >= 15 is 0 Å². The van der Waals surface area contributed by atoms with Crippen LogP contribution < -0.4 is 5.32 Å². The third-order valence-corrected chi connectivity index (χ3v) is 4.95. The monoisotopic (exact) mass is 275 g/mol. The van der Waals surface area contributed by atoms with Crippen molar-refractivity contribution in [1.29, 1.82) is 0 Å². The Morgan fingerprint density at radius 3 is 2.95 bits per heavy atom. The minimum atomic E-state index is 0.223. The van der Waals surface area contributed by atoms with Gasteiger partial charge in [0.25, 0.3) is 0 Å². The molecule has 2 heterocycles. The molecule has 2 aromatic rings. The molecule has 3 nitrogen and oxygen atoms in total. The summed E-state index contributed by atoms with van der Waals surface area (Å²) in [7, 11) is 2.06. The molecule has 1 N–H and O–H groups in total. The maximum Gasteiger partial charge on any atom is 0.131 e. The summed E-state index contributed by atoms with van der Waals surface area (Å²) in [5.74, 6) is 2.81. The average Bonchev–Trinajstić information content (AvgIpc) is 2.96. The largest absolute Gasteiger partial charge is 0.336 e. The van der Waals surface area contributed by atoms with Crippen molar-refractivity contribution in [2.24, 2.45) is 18.9 Å². The number of rotatable bonds is 6. The van der Waals surface area contributed by atoms with Crippen molar-refractivity contribution in [2.75, 3.05) is 6.54 Å². The smallest absolute Gasteiger partial charge is 0.131 e. The van der Waals surface area contributed by atoms with Gasteiger partial charge in [0.15, 0.2) is 0 Å². The Kier molecular flexibility index (Phi) is 3.71. The Hall–Kier alpha value is -1.13. The standard InChI is InChI=1S/C15H21N3S/c1-11(12-5-6-12)10-17-14(13-4-3-9-19-13)15-16-7-8-18(15)2/h3-4,7-9,11-12,14,17H,5-6,10H2,1-2H3. The Balaban J connectivity index is 1.75. The number of hydrogen-bond acceptors (Lipinski definition) is 3. The average molecular weight is 275 g/mol. The second-order valence-electron chi connectivity index (χ2n) is 5.57. The predicted molar refractivity (Wildman–Crippen MR) is 79.3 cm³/mol. The van der Waals surface area contributed by atoms with Crippen LogP contribution in [0.4, 0.5) is 0 Å². The first kappa shape index (κ1) is 12.9. The Labute approximate surface area is 118 Å². The molecule has 1 fully saturated rings. The van der Waals surface area contributed by atoms with Gasteiger partial charge >= 0.3 is 0 Å². The van der Waals surface area contributed by atoms with Crippen LogP contribution in [0.15, 0.2) is 29.9 Å². The molecule has 1 saturated carbocycles. The van der Waals surface area contributed by atoms with Gasteiger partial charge in [-0.15, -0.1) is 11.3 Å². The van der Waals surface area contributed by atoms with E-state index in [1.807, 2.05) is 12.4 Å². The molecular formula is C15H21N3S. The van der Waals surface area contributed by atoms with Crippen molar-refractivity contribution in [3.05, 3.63) is 40.6 Å². The van der Waals surface area contributed by atoms with E-state index < -0.39 is 0 Å². The topological polar surface area (TPSA) is 29.9 Å². The second-order valence-corrected chi connectivity index (χ2v) is 6.55. The highest BCUT2D eigenvalue weighted by Crippen LogP contribution is 2.36. The minimum Gasteiger partial charge on any atom is -0.336 e. The van der Waals surface area contributed by atoms with E-state index in [0.29, 0.717) is 0 Å². The molecule has 0 aliphatic heterocycles. The third kappa shape index (κ3) is 2.90. The molecule has 0 saturated heterocycles. The van der Waals surface area contributed by atoms with Gasteiger partial charge in [0, 0.05) is 24.3 Å². The van der Waals surface area contributed by atoms with E-state index in [9.17, 15) is 0 Å². The number of imidazole rings is 1. The van der Waals surface area contributed by atoms with E-state index in [4.69, 9.17) is 0 Å². The fraction of sp³-hybridized carbons (Fsp3) is 0.533. The summed E-state index contributed by atoms with van der Waals surface area (Å²) in [6, 6.07) is 4.53. The zero-order chi connectivity index (χ0) is 13.2. The van der Waals surface area contributed by atoms with Crippen molar-refractivity contribution in [2.45, 2.75) is 25.8 Å². The highest BCUT2D eigenvalue weighted by molar-refractivity contribution is 7.10. The molecule has 2 unspecified atom stereocenters. The van der Waals surface area contributed by atoms with Crippen LogP contribution in [0.5, 0.6) is 0 Å². The van der Waals surface area contributed by atoms with Crippen LogP contribution in [-0.2, 0) is 7.05 Å². The highest BCUT2D eigenvalue weighted by Gasteiger charge is 2.29. The summed E-state index contributed by atoms with van der Waals surface area (Å²) in [6.07, 6.45) is 6.72. The molecule has 2 atom stereocenters. The summed E-state index contributed by atoms with van der Waals surface area (Å²) in [6.45, 7) is 3.43. The first-order valence-electron chi connectivity index (χ1n) is 6.99. The second kappa shape index (κ2) is 5.47. The molecule has 0 radical (unpaired) electrons. The summed E-state index contributed by atoms with van der Waals surface area (Å²) >= 11 is 1.80. The first-order valence-corrected chi connectivity index (χ1v) is 7.87. The van der Waals surface area contributed by atoms with Gasteiger partial charge in [0.1, 0.15) is 11.9 Å².